The zero-order valence-corrected chi connectivity index (χ0v) is 22.2. The summed E-state index contributed by atoms with van der Waals surface area (Å²) in [5.41, 5.74) is 1.73. The Balaban J connectivity index is 0.00000363. The van der Waals surface area contributed by atoms with Crippen LogP contribution in [0.5, 0.6) is 0 Å². The summed E-state index contributed by atoms with van der Waals surface area (Å²) in [4.78, 5) is 12.5. The first-order valence-corrected chi connectivity index (χ1v) is 12.0. The largest absolute Gasteiger partial charge is 1.00 e. The number of halogens is 1. The molecule has 12 heteroatoms. The number of urea groups is 1. The average molecular weight is 492 g/mol. The van der Waals surface area contributed by atoms with E-state index >= 15 is 0 Å². The average Bonchev–Trinajstić information content (AvgIpc) is 3.11. The standard InChI is InChI=1S/C20H28ClN5O4S.Na/c1-3-4-5-15-10-16(21)12-17(11-15)23-20(27)24-31(28,29)26(18-6-8-30-9-7-18)19-13-22-25(2)14-19;/h10-14,18H,3-9H2,1-2H3,(H2,23,24,27);/q;+1/p-1. The van der Waals surface area contributed by atoms with Crippen molar-refractivity contribution < 1.29 is 47.5 Å². The zero-order valence-electron chi connectivity index (χ0n) is 18.6. The number of carbonyl (C=O) groups is 1. The van der Waals surface area contributed by atoms with E-state index in [1.807, 2.05) is 6.07 Å². The molecule has 32 heavy (non-hydrogen) atoms. The van der Waals surface area contributed by atoms with Crippen molar-refractivity contribution in [2.45, 2.75) is 45.1 Å². The van der Waals surface area contributed by atoms with Gasteiger partial charge in [-0.15, -0.1) is 0 Å². The maximum Gasteiger partial charge on any atom is 1.00 e. The van der Waals surface area contributed by atoms with Gasteiger partial charge < -0.3 is 14.8 Å². The van der Waals surface area contributed by atoms with Crippen LogP contribution >= 0.6 is 11.6 Å². The molecule has 3 rings (SSSR count). The van der Waals surface area contributed by atoms with Crippen molar-refractivity contribution in [3.8, 4) is 0 Å². The molecular formula is C20H27ClN5NaO4S. The molecule has 0 unspecified atom stereocenters. The second-order valence-electron chi connectivity index (χ2n) is 7.46. The van der Waals surface area contributed by atoms with Crippen LogP contribution in [0.3, 0.4) is 0 Å². The van der Waals surface area contributed by atoms with Gasteiger partial charge in [0.2, 0.25) is 0 Å². The number of aromatic nitrogens is 2. The summed E-state index contributed by atoms with van der Waals surface area (Å²) in [5, 5.41) is 7.05. The molecule has 0 atom stereocenters. The van der Waals surface area contributed by atoms with Gasteiger partial charge >= 0.3 is 29.6 Å². The van der Waals surface area contributed by atoms with Crippen LogP contribution in [0, 0.1) is 0 Å². The molecule has 170 valence electrons. The third-order valence-corrected chi connectivity index (χ3v) is 6.56. The van der Waals surface area contributed by atoms with Gasteiger partial charge in [0, 0.05) is 37.5 Å². The van der Waals surface area contributed by atoms with Gasteiger partial charge in [-0.25, -0.2) is 8.42 Å². The van der Waals surface area contributed by atoms with Crippen molar-refractivity contribution in [3.05, 3.63) is 45.9 Å². The zero-order chi connectivity index (χ0) is 22.4. The Morgan fingerprint density at radius 3 is 2.69 bits per heavy atom. The first kappa shape index (κ1) is 26.9. The van der Waals surface area contributed by atoms with Crippen LogP contribution in [0.25, 0.3) is 4.72 Å². The summed E-state index contributed by atoms with van der Waals surface area (Å²) in [5.74, 6) is 0. The summed E-state index contributed by atoms with van der Waals surface area (Å²) < 4.78 is 37.7. The monoisotopic (exact) mass is 491 g/mol. The topological polar surface area (TPSA) is 108 Å². The smallest absolute Gasteiger partial charge is 0.423 e. The Labute approximate surface area is 216 Å². The van der Waals surface area contributed by atoms with Crippen molar-refractivity contribution >= 4 is 39.2 Å². The Bertz CT molecular complexity index is 1010. The van der Waals surface area contributed by atoms with Crippen LogP contribution in [0.15, 0.2) is 30.6 Å². The minimum atomic E-state index is -4.31. The molecule has 1 saturated heterocycles. The summed E-state index contributed by atoms with van der Waals surface area (Å²) >= 11 is 6.15. The number of rotatable bonds is 8. The van der Waals surface area contributed by atoms with E-state index in [4.69, 9.17) is 16.3 Å². The van der Waals surface area contributed by atoms with E-state index in [1.54, 1.807) is 25.4 Å². The number of anilines is 2. The number of ether oxygens (including phenoxy) is 1. The molecule has 1 aromatic heterocycles. The molecule has 1 aliphatic rings. The van der Waals surface area contributed by atoms with E-state index in [9.17, 15) is 13.2 Å². The number of benzene rings is 1. The number of unbranched alkanes of at least 4 members (excludes halogenated alkanes) is 1. The normalized spacial score (nSPS) is 14.5. The van der Waals surface area contributed by atoms with Crippen LogP contribution < -0.4 is 39.2 Å². The summed E-state index contributed by atoms with van der Waals surface area (Å²) in [6.45, 7) is 2.96. The molecule has 9 nitrogen and oxygen atoms in total. The molecule has 1 aliphatic heterocycles. The molecule has 0 radical (unpaired) electrons. The summed E-state index contributed by atoms with van der Waals surface area (Å²) in [6, 6.07) is 3.82. The molecular weight excluding hydrogens is 465 g/mol. The van der Waals surface area contributed by atoms with Crippen LogP contribution in [-0.2, 0) is 28.4 Å². The van der Waals surface area contributed by atoms with Crippen molar-refractivity contribution in [1.29, 1.82) is 0 Å². The van der Waals surface area contributed by atoms with Crippen LogP contribution in [0.2, 0.25) is 5.02 Å². The van der Waals surface area contributed by atoms with Gasteiger partial charge in [-0.05, 0) is 49.1 Å². The molecule has 1 N–H and O–H groups in total. The predicted molar refractivity (Wildman–Crippen MR) is 121 cm³/mol. The maximum atomic E-state index is 13.1. The molecule has 2 aromatic rings. The van der Waals surface area contributed by atoms with Gasteiger partial charge in [-0.2, -0.15) is 5.10 Å². The summed E-state index contributed by atoms with van der Waals surface area (Å²) in [7, 11) is -2.62. The van der Waals surface area contributed by atoms with Crippen molar-refractivity contribution in [2.24, 2.45) is 7.05 Å². The van der Waals surface area contributed by atoms with E-state index in [0.717, 1.165) is 29.1 Å². The number of carbonyl (C=O) groups excluding carboxylic acids is 1. The molecule has 0 spiro atoms. The Hall–Kier alpha value is -1.30. The second kappa shape index (κ2) is 12.2. The molecule has 1 fully saturated rings. The number of hydrogen-bond acceptors (Lipinski definition) is 5. The van der Waals surface area contributed by atoms with E-state index in [2.05, 4.69) is 22.1 Å². The Morgan fingerprint density at radius 1 is 1.34 bits per heavy atom. The number of hydrogen-bond donors (Lipinski definition) is 1. The minimum absolute atomic E-state index is 0. The van der Waals surface area contributed by atoms with Crippen LogP contribution in [0.4, 0.5) is 16.2 Å². The van der Waals surface area contributed by atoms with Crippen molar-refractivity contribution in [3.63, 3.8) is 0 Å². The van der Waals surface area contributed by atoms with Gasteiger partial charge in [-0.3, -0.25) is 13.8 Å². The SMILES string of the molecule is CCCCc1cc(Cl)cc(NC(=O)[N-]S(=O)(=O)N(c2cnn(C)c2)C2CCOCC2)c1.[Na+]. The molecule has 2 heterocycles. The van der Waals surface area contributed by atoms with Gasteiger partial charge in [0.15, 0.2) is 6.03 Å². The molecule has 0 bridgehead atoms. The van der Waals surface area contributed by atoms with E-state index in [1.165, 1.54) is 10.9 Å². The van der Waals surface area contributed by atoms with E-state index in [-0.39, 0.29) is 35.6 Å². The fourth-order valence-corrected chi connectivity index (χ4v) is 5.07. The van der Waals surface area contributed by atoms with Gasteiger partial charge in [0.25, 0.3) is 10.2 Å². The number of amides is 2. The third kappa shape index (κ3) is 7.36. The first-order valence-electron chi connectivity index (χ1n) is 10.2. The van der Waals surface area contributed by atoms with Crippen molar-refractivity contribution in [1.82, 2.24) is 9.78 Å². The Morgan fingerprint density at radius 2 is 2.06 bits per heavy atom. The summed E-state index contributed by atoms with van der Waals surface area (Å²) in [6.07, 6.45) is 6.85. The first-order chi connectivity index (χ1) is 14.8. The number of aryl methyl sites for hydroxylation is 2. The quantitative estimate of drug-likeness (QED) is 0.559. The number of nitrogens with one attached hydrogen (secondary N) is 1. The van der Waals surface area contributed by atoms with E-state index < -0.39 is 16.2 Å². The Kier molecular flexibility index (Phi) is 10.3. The van der Waals surface area contributed by atoms with Gasteiger partial charge in [0.1, 0.15) is 0 Å². The fourth-order valence-electron chi connectivity index (χ4n) is 3.52. The predicted octanol–water partition coefficient (Wildman–Crippen LogP) is 1.26. The van der Waals surface area contributed by atoms with E-state index in [0.29, 0.717) is 42.5 Å². The molecule has 1 aromatic carbocycles. The third-order valence-electron chi connectivity index (χ3n) is 4.94. The van der Waals surface area contributed by atoms with Crippen molar-refractivity contribution in [2.75, 3.05) is 22.8 Å². The maximum absolute atomic E-state index is 13.1. The van der Waals surface area contributed by atoms with Gasteiger partial charge in [0.05, 0.1) is 11.9 Å². The fraction of sp³-hybridized carbons (Fsp3) is 0.500. The minimum Gasteiger partial charge on any atom is -0.423 e. The molecule has 2 amide bonds. The number of nitrogens with zero attached hydrogens (tertiary/aromatic N) is 4. The molecule has 0 saturated carbocycles. The molecule has 0 aliphatic carbocycles. The second-order valence-corrected chi connectivity index (χ2v) is 9.37. The van der Waals surface area contributed by atoms with Gasteiger partial charge in [-0.1, -0.05) is 31.0 Å². The van der Waals surface area contributed by atoms with Crippen LogP contribution in [0.1, 0.15) is 38.2 Å². The van der Waals surface area contributed by atoms with Crippen LogP contribution in [-0.4, -0.2) is 43.5 Å².